The van der Waals surface area contributed by atoms with Crippen LogP contribution in [0, 0.1) is 0 Å². The van der Waals surface area contributed by atoms with Gasteiger partial charge in [0.2, 0.25) is 0 Å². The van der Waals surface area contributed by atoms with Crippen LogP contribution in [-0.2, 0) is 6.54 Å². The summed E-state index contributed by atoms with van der Waals surface area (Å²) in [5.41, 5.74) is 1.00. The first-order valence-corrected chi connectivity index (χ1v) is 9.03. The molecule has 2 amide bonds. The summed E-state index contributed by atoms with van der Waals surface area (Å²) in [5, 5.41) is 10.3. The van der Waals surface area contributed by atoms with E-state index in [1.807, 2.05) is 24.4 Å². The minimum Gasteiger partial charge on any atom is -0.334 e. The Labute approximate surface area is 147 Å². The van der Waals surface area contributed by atoms with Crippen molar-refractivity contribution in [3.05, 3.63) is 42.4 Å². The lowest BCUT2D eigenvalue weighted by molar-refractivity contribution is 0.179. The monoisotopic (exact) mass is 340 g/mol. The van der Waals surface area contributed by atoms with E-state index < -0.39 is 0 Å². The number of hydrogen-bond donors (Lipinski definition) is 2. The number of carbonyl (C=O) groups is 1. The Morgan fingerprint density at radius 2 is 2.20 bits per heavy atom. The molecule has 0 aliphatic carbocycles. The van der Waals surface area contributed by atoms with Gasteiger partial charge in [-0.3, -0.25) is 4.90 Å². The minimum atomic E-state index is -0.0881. The summed E-state index contributed by atoms with van der Waals surface area (Å²) >= 11 is 0. The zero-order valence-corrected chi connectivity index (χ0v) is 14.3. The van der Waals surface area contributed by atoms with Gasteiger partial charge in [0, 0.05) is 43.8 Å². The van der Waals surface area contributed by atoms with Crippen molar-refractivity contribution in [2.24, 2.45) is 0 Å². The van der Waals surface area contributed by atoms with Gasteiger partial charge in [-0.1, -0.05) is 6.42 Å². The fourth-order valence-corrected chi connectivity index (χ4v) is 3.92. The van der Waals surface area contributed by atoms with Crippen LogP contribution in [0.15, 0.2) is 36.8 Å². The van der Waals surface area contributed by atoms with Crippen LogP contribution in [0.2, 0.25) is 0 Å². The van der Waals surface area contributed by atoms with Crippen molar-refractivity contribution in [3.63, 3.8) is 0 Å². The second-order valence-electron chi connectivity index (χ2n) is 6.79. The molecule has 0 radical (unpaired) electrons. The summed E-state index contributed by atoms with van der Waals surface area (Å²) in [6.07, 6.45) is 10.1. The maximum absolute atomic E-state index is 12.3. The Morgan fingerprint density at radius 3 is 3.08 bits per heavy atom. The molecular formula is C18H24N6O. The summed E-state index contributed by atoms with van der Waals surface area (Å²) in [6.45, 7) is 2.76. The van der Waals surface area contributed by atoms with Crippen molar-refractivity contribution in [1.82, 2.24) is 30.3 Å². The van der Waals surface area contributed by atoms with Crippen LogP contribution < -0.4 is 10.6 Å². The minimum absolute atomic E-state index is 0.0881. The van der Waals surface area contributed by atoms with E-state index in [4.69, 9.17) is 0 Å². The summed E-state index contributed by atoms with van der Waals surface area (Å²) in [5.74, 6) is 0.748. The zero-order valence-electron chi connectivity index (χ0n) is 14.3. The van der Waals surface area contributed by atoms with E-state index in [1.54, 1.807) is 17.1 Å². The average molecular weight is 340 g/mol. The molecule has 0 spiro atoms. The quantitative estimate of drug-likeness (QED) is 0.888. The highest BCUT2D eigenvalue weighted by atomic mass is 16.2. The molecule has 25 heavy (non-hydrogen) atoms. The Morgan fingerprint density at radius 1 is 1.24 bits per heavy atom. The number of rotatable bonds is 4. The van der Waals surface area contributed by atoms with Crippen molar-refractivity contribution in [1.29, 1.82) is 0 Å². The van der Waals surface area contributed by atoms with Crippen molar-refractivity contribution >= 4 is 6.03 Å². The maximum atomic E-state index is 12.3. The summed E-state index contributed by atoms with van der Waals surface area (Å²) < 4.78 is 1.71. The van der Waals surface area contributed by atoms with Crippen molar-refractivity contribution in [3.8, 4) is 5.82 Å². The number of pyridine rings is 1. The molecule has 2 N–H and O–H groups in total. The molecule has 0 unspecified atom stereocenters. The van der Waals surface area contributed by atoms with Crippen molar-refractivity contribution in [2.75, 3.05) is 13.1 Å². The van der Waals surface area contributed by atoms with E-state index in [9.17, 15) is 4.79 Å². The first kappa shape index (κ1) is 16.1. The molecule has 2 aromatic rings. The van der Waals surface area contributed by atoms with E-state index in [0.29, 0.717) is 12.6 Å². The van der Waals surface area contributed by atoms with Gasteiger partial charge in [0.1, 0.15) is 0 Å². The second-order valence-corrected chi connectivity index (χ2v) is 6.79. The molecule has 2 fully saturated rings. The van der Waals surface area contributed by atoms with Crippen LogP contribution in [0.5, 0.6) is 0 Å². The third-order valence-electron chi connectivity index (χ3n) is 5.17. The zero-order chi connectivity index (χ0) is 17.1. The normalized spacial score (nSPS) is 23.2. The fraction of sp³-hybridized carbons (Fsp3) is 0.500. The molecule has 7 nitrogen and oxygen atoms in total. The Kier molecular flexibility index (Phi) is 4.65. The van der Waals surface area contributed by atoms with E-state index in [1.165, 1.54) is 25.8 Å². The van der Waals surface area contributed by atoms with Crippen LogP contribution in [0.25, 0.3) is 5.82 Å². The maximum Gasteiger partial charge on any atom is 0.315 e. The highest BCUT2D eigenvalue weighted by Crippen LogP contribution is 2.27. The molecule has 2 aliphatic heterocycles. The predicted octanol–water partition coefficient (Wildman–Crippen LogP) is 1.69. The topological polar surface area (TPSA) is 75.1 Å². The van der Waals surface area contributed by atoms with Gasteiger partial charge in [-0.15, -0.1) is 0 Å². The van der Waals surface area contributed by atoms with Crippen LogP contribution in [0.4, 0.5) is 4.79 Å². The molecule has 4 rings (SSSR count). The van der Waals surface area contributed by atoms with E-state index in [-0.39, 0.29) is 12.1 Å². The van der Waals surface area contributed by atoms with Gasteiger partial charge in [-0.05, 0) is 49.6 Å². The van der Waals surface area contributed by atoms with Crippen LogP contribution in [0.1, 0.15) is 31.2 Å². The van der Waals surface area contributed by atoms with Gasteiger partial charge in [-0.2, -0.15) is 5.10 Å². The fourth-order valence-electron chi connectivity index (χ4n) is 3.92. The second kappa shape index (κ2) is 7.23. The number of hydrogen-bond acceptors (Lipinski definition) is 4. The SMILES string of the molecule is O=C(NCc1ccnc(-n2cccn2)c1)N[C@H]1CCN2CCCC[C@H]12. The molecule has 7 heteroatoms. The summed E-state index contributed by atoms with van der Waals surface area (Å²) in [7, 11) is 0. The number of carbonyl (C=O) groups excluding carboxylic acids is 1. The predicted molar refractivity (Wildman–Crippen MR) is 94.3 cm³/mol. The molecule has 132 valence electrons. The molecule has 4 heterocycles. The standard InChI is InChI=1S/C18H24N6O/c25-18(22-15-6-11-23-9-2-1-4-16(15)23)20-13-14-5-8-19-17(12-14)24-10-3-7-21-24/h3,5,7-8,10,12,15-16H,1-2,4,6,9,11,13H2,(H2,20,22,25)/t15-,16+/m0/s1. The lowest BCUT2D eigenvalue weighted by atomic mass is 9.99. The van der Waals surface area contributed by atoms with E-state index in [2.05, 4.69) is 25.6 Å². The molecule has 0 saturated carbocycles. The third-order valence-corrected chi connectivity index (χ3v) is 5.17. The Balaban J connectivity index is 1.31. The lowest BCUT2D eigenvalue weighted by Gasteiger charge is -2.32. The third kappa shape index (κ3) is 3.66. The number of amides is 2. The van der Waals surface area contributed by atoms with Gasteiger partial charge in [0.05, 0.1) is 0 Å². The van der Waals surface area contributed by atoms with Gasteiger partial charge in [0.15, 0.2) is 5.82 Å². The highest BCUT2D eigenvalue weighted by Gasteiger charge is 2.36. The molecule has 2 aliphatic rings. The Hall–Kier alpha value is -2.41. The van der Waals surface area contributed by atoms with Crippen LogP contribution in [-0.4, -0.2) is 50.9 Å². The highest BCUT2D eigenvalue weighted by molar-refractivity contribution is 5.74. The molecule has 2 aromatic heterocycles. The molecule has 2 saturated heterocycles. The number of nitrogens with one attached hydrogen (secondary N) is 2. The smallest absolute Gasteiger partial charge is 0.315 e. The number of urea groups is 1. The van der Waals surface area contributed by atoms with Gasteiger partial charge in [0.25, 0.3) is 0 Å². The van der Waals surface area contributed by atoms with Crippen LogP contribution in [0.3, 0.4) is 0 Å². The molecule has 0 bridgehead atoms. The van der Waals surface area contributed by atoms with Gasteiger partial charge in [-0.25, -0.2) is 14.5 Å². The largest absolute Gasteiger partial charge is 0.334 e. The first-order valence-electron chi connectivity index (χ1n) is 9.03. The Bertz CT molecular complexity index is 716. The summed E-state index contributed by atoms with van der Waals surface area (Å²) in [4.78, 5) is 19.1. The summed E-state index contributed by atoms with van der Waals surface area (Å²) in [6, 6.07) is 6.41. The van der Waals surface area contributed by atoms with Crippen LogP contribution >= 0.6 is 0 Å². The molecule has 0 aromatic carbocycles. The number of fused-ring (bicyclic) bond motifs is 1. The van der Waals surface area contributed by atoms with Gasteiger partial charge < -0.3 is 10.6 Å². The number of nitrogens with zero attached hydrogens (tertiary/aromatic N) is 4. The molecule has 2 atom stereocenters. The number of piperidine rings is 1. The lowest BCUT2D eigenvalue weighted by Crippen LogP contribution is -2.49. The average Bonchev–Trinajstić information content (AvgIpc) is 3.31. The van der Waals surface area contributed by atoms with E-state index in [0.717, 1.165) is 24.3 Å². The van der Waals surface area contributed by atoms with Crippen molar-refractivity contribution < 1.29 is 4.79 Å². The molecular weight excluding hydrogens is 316 g/mol. The van der Waals surface area contributed by atoms with Crippen molar-refractivity contribution in [2.45, 2.75) is 44.3 Å². The van der Waals surface area contributed by atoms with E-state index >= 15 is 0 Å². The van der Waals surface area contributed by atoms with Gasteiger partial charge >= 0.3 is 6.03 Å². The first-order chi connectivity index (χ1) is 12.3. The number of aromatic nitrogens is 3.